The molecule has 2 amide bonds. The average molecular weight is 207 g/mol. The highest BCUT2D eigenvalue weighted by atomic mass is 28.3. The van der Waals surface area contributed by atoms with E-state index in [0.717, 1.165) is 21.0 Å². The summed E-state index contributed by atoms with van der Waals surface area (Å²) in [4.78, 5) is 20.4. The fourth-order valence-corrected chi connectivity index (χ4v) is 0.437. The van der Waals surface area contributed by atoms with Gasteiger partial charge in [0.15, 0.2) is 0 Å². The van der Waals surface area contributed by atoms with Crippen molar-refractivity contribution in [3.63, 3.8) is 0 Å². The van der Waals surface area contributed by atoms with Crippen LogP contribution in [0, 0.1) is 0 Å². The molecule has 1 aliphatic heterocycles. The summed E-state index contributed by atoms with van der Waals surface area (Å²) in [6.45, 7) is 0. The number of nitrogens with one attached hydrogen (secondary N) is 1. The van der Waals surface area contributed by atoms with E-state index in [1.807, 2.05) is 0 Å². The second-order valence-electron chi connectivity index (χ2n) is 1.89. The van der Waals surface area contributed by atoms with Gasteiger partial charge in [-0.2, -0.15) is 0 Å². The van der Waals surface area contributed by atoms with Crippen LogP contribution in [0.4, 0.5) is 0 Å². The van der Waals surface area contributed by atoms with Crippen molar-refractivity contribution in [1.29, 1.82) is 0 Å². The predicted molar refractivity (Wildman–Crippen MR) is 46.4 cm³/mol. The molecule has 1 rings (SSSR count). The van der Waals surface area contributed by atoms with Gasteiger partial charge in [-0.25, -0.2) is 0 Å². The minimum atomic E-state index is -0.961. The van der Waals surface area contributed by atoms with Crippen LogP contribution >= 0.6 is 0 Å². The van der Waals surface area contributed by atoms with E-state index in [1.54, 1.807) is 5.32 Å². The van der Waals surface area contributed by atoms with Gasteiger partial charge < -0.3 is 14.3 Å². The number of carbonyl (C=O) groups is 2. The molecule has 0 spiro atoms. The Morgan fingerprint density at radius 3 is 1.42 bits per heavy atom. The first kappa shape index (κ1) is 10.9. The zero-order valence-electron chi connectivity index (χ0n) is 6.62. The van der Waals surface area contributed by atoms with Gasteiger partial charge in [-0.05, 0) is 0 Å². The molecule has 12 heavy (non-hydrogen) atoms. The van der Waals surface area contributed by atoms with Crippen molar-refractivity contribution in [2.75, 3.05) is 0 Å². The molecule has 0 aliphatic carbocycles. The Morgan fingerprint density at radius 2 is 1.33 bits per heavy atom. The Morgan fingerprint density at radius 1 is 1.08 bits per heavy atom. The topological polar surface area (TPSA) is 95.9 Å². The van der Waals surface area contributed by atoms with E-state index in [4.69, 9.17) is 10.2 Å². The van der Waals surface area contributed by atoms with E-state index in [0.29, 0.717) is 0 Å². The average Bonchev–Trinajstić information content (AvgIpc) is 2.20. The highest BCUT2D eigenvalue weighted by Gasteiger charge is 2.29. The van der Waals surface area contributed by atoms with Gasteiger partial charge in [0.2, 0.25) is 11.5 Å². The number of aliphatic hydroxyl groups is 2. The highest BCUT2D eigenvalue weighted by Crippen LogP contribution is 2.04. The third-order valence-corrected chi connectivity index (χ3v) is 0.882. The van der Waals surface area contributed by atoms with Crippen LogP contribution in [0.3, 0.4) is 0 Å². The first-order valence-electron chi connectivity index (χ1n) is 2.92. The Labute approximate surface area is 74.3 Å². The summed E-state index contributed by atoms with van der Waals surface area (Å²) in [6, 6.07) is 0. The van der Waals surface area contributed by atoms with Crippen LogP contribution in [0.25, 0.3) is 0 Å². The Bertz CT molecular complexity index is 216. The van der Waals surface area contributed by atoms with Crippen LogP contribution in [0.15, 0.2) is 11.5 Å². The molecule has 0 atom stereocenters. The molecule has 0 saturated heterocycles. The minimum Gasteiger partial charge on any atom is -0.500 e. The predicted octanol–water partition coefficient (Wildman–Crippen LogP) is -3.47. The summed E-state index contributed by atoms with van der Waals surface area (Å²) in [5.41, 5.74) is 0. The largest absolute Gasteiger partial charge is 0.500 e. The lowest BCUT2D eigenvalue weighted by Crippen LogP contribution is -2.23. The standard InChI is InChI=1S/C4H3NO4.H6OSi2/c6-1-2(7)4(9)5-3(1)8;2-1-3/h(H3,5,6,7,8,9);2-3H3. The SMILES string of the molecule is O=C1NC(=O)C(O)=C1O.[SiH3]O[SiH3]. The lowest BCUT2D eigenvalue weighted by molar-refractivity contribution is -0.125. The second-order valence-corrected chi connectivity index (χ2v) is 5.15. The van der Waals surface area contributed by atoms with E-state index >= 15 is 0 Å². The monoisotopic (exact) mass is 207 g/mol. The van der Waals surface area contributed by atoms with Gasteiger partial charge in [0.05, 0.1) is 0 Å². The molecule has 0 radical (unpaired) electrons. The first-order valence-corrected chi connectivity index (χ1v) is 4.55. The summed E-state index contributed by atoms with van der Waals surface area (Å²) in [5, 5.41) is 18.5. The summed E-state index contributed by atoms with van der Waals surface area (Å²) in [7, 11) is 1.86. The van der Waals surface area contributed by atoms with Gasteiger partial charge >= 0.3 is 0 Å². The zero-order valence-corrected chi connectivity index (χ0v) is 10.6. The number of carbonyl (C=O) groups excluding carboxylic acids is 2. The lowest BCUT2D eigenvalue weighted by atomic mass is 10.4. The van der Waals surface area contributed by atoms with Crippen molar-refractivity contribution in [3.05, 3.63) is 11.5 Å². The highest BCUT2D eigenvalue weighted by molar-refractivity contribution is 6.16. The van der Waals surface area contributed by atoms with Crippen molar-refractivity contribution in [2.45, 2.75) is 0 Å². The molecule has 0 unspecified atom stereocenters. The molecule has 0 aromatic carbocycles. The number of hydrogen-bond acceptors (Lipinski definition) is 5. The maximum atomic E-state index is 10.2. The summed E-state index contributed by atoms with van der Waals surface area (Å²) in [5.74, 6) is -3.75. The van der Waals surface area contributed by atoms with Gasteiger partial charge in [-0.1, -0.05) is 0 Å². The van der Waals surface area contributed by atoms with Crippen molar-refractivity contribution < 1.29 is 23.9 Å². The molecule has 1 heterocycles. The number of imide groups is 1. The molecule has 0 aromatic rings. The van der Waals surface area contributed by atoms with Crippen LogP contribution < -0.4 is 5.32 Å². The molecule has 1 aliphatic rings. The van der Waals surface area contributed by atoms with Gasteiger partial charge in [0.1, 0.15) is 21.0 Å². The van der Waals surface area contributed by atoms with Crippen LogP contribution in [0.1, 0.15) is 0 Å². The quantitative estimate of drug-likeness (QED) is 0.283. The van der Waals surface area contributed by atoms with Crippen LogP contribution in [0.2, 0.25) is 0 Å². The summed E-state index contributed by atoms with van der Waals surface area (Å²) >= 11 is 0. The maximum absolute atomic E-state index is 10.2. The fraction of sp³-hybridized carbons (Fsp3) is 0. The van der Waals surface area contributed by atoms with Gasteiger partial charge in [0.25, 0.3) is 11.8 Å². The van der Waals surface area contributed by atoms with Gasteiger partial charge in [-0.3, -0.25) is 14.9 Å². The molecule has 8 heteroatoms. The Kier molecular flexibility index (Phi) is 4.25. The number of amides is 2. The third-order valence-electron chi connectivity index (χ3n) is 0.882. The zero-order chi connectivity index (χ0) is 9.72. The Balaban J connectivity index is 0.000000354. The first-order chi connectivity index (χ1) is 5.54. The molecule has 68 valence electrons. The molecular weight excluding hydrogens is 198 g/mol. The number of hydrogen-bond donors (Lipinski definition) is 3. The van der Waals surface area contributed by atoms with Crippen LogP contribution in [-0.2, 0) is 13.7 Å². The maximum Gasteiger partial charge on any atom is 0.297 e. The van der Waals surface area contributed by atoms with E-state index in [1.165, 1.54) is 0 Å². The van der Waals surface area contributed by atoms with Gasteiger partial charge in [0, 0.05) is 0 Å². The number of rotatable bonds is 0. The third kappa shape index (κ3) is 2.49. The van der Waals surface area contributed by atoms with Crippen LogP contribution in [-0.4, -0.2) is 43.0 Å². The van der Waals surface area contributed by atoms with E-state index in [2.05, 4.69) is 4.12 Å². The van der Waals surface area contributed by atoms with Gasteiger partial charge in [-0.15, -0.1) is 0 Å². The van der Waals surface area contributed by atoms with Crippen molar-refractivity contribution >= 4 is 32.8 Å². The van der Waals surface area contributed by atoms with E-state index in [-0.39, 0.29) is 0 Å². The summed E-state index contributed by atoms with van der Waals surface area (Å²) in [6.07, 6.45) is 0. The molecule has 3 N–H and O–H groups in total. The molecule has 6 nitrogen and oxygen atoms in total. The van der Waals surface area contributed by atoms with Crippen molar-refractivity contribution in [2.24, 2.45) is 0 Å². The van der Waals surface area contributed by atoms with E-state index in [9.17, 15) is 9.59 Å². The minimum absolute atomic E-state index is 0.917. The molecule has 0 bridgehead atoms. The normalized spacial score (nSPS) is 16.0. The lowest BCUT2D eigenvalue weighted by Gasteiger charge is -1.82. The molecular formula is C4H9NO5Si2. The van der Waals surface area contributed by atoms with Crippen LogP contribution in [0.5, 0.6) is 0 Å². The van der Waals surface area contributed by atoms with Crippen molar-refractivity contribution in [3.8, 4) is 0 Å². The molecule has 0 aromatic heterocycles. The fourth-order valence-electron chi connectivity index (χ4n) is 0.437. The smallest absolute Gasteiger partial charge is 0.297 e. The van der Waals surface area contributed by atoms with E-state index < -0.39 is 23.3 Å². The second kappa shape index (κ2) is 4.69. The summed E-state index contributed by atoms with van der Waals surface area (Å²) < 4.78 is 4.53. The molecule has 0 fully saturated rings. The number of aliphatic hydroxyl groups excluding tert-OH is 2. The molecule has 0 saturated carbocycles. The van der Waals surface area contributed by atoms with Crippen molar-refractivity contribution in [1.82, 2.24) is 5.32 Å². The Hall–Kier alpha value is -1.13.